The van der Waals surface area contributed by atoms with E-state index in [1.165, 1.54) is 18.2 Å². The molecule has 1 heterocycles. The van der Waals surface area contributed by atoms with Gasteiger partial charge in [-0.3, -0.25) is 9.59 Å². The lowest BCUT2D eigenvalue weighted by Gasteiger charge is -2.17. The van der Waals surface area contributed by atoms with Crippen LogP contribution in [0.15, 0.2) is 42.5 Å². The first-order valence-corrected chi connectivity index (χ1v) is 8.67. The Morgan fingerprint density at radius 1 is 1.31 bits per heavy atom. The summed E-state index contributed by atoms with van der Waals surface area (Å²) in [5, 5.41) is 3.26. The van der Waals surface area contributed by atoms with Gasteiger partial charge in [-0.25, -0.2) is 4.39 Å². The molecule has 1 aliphatic heterocycles. The van der Waals surface area contributed by atoms with Crippen molar-refractivity contribution in [1.82, 2.24) is 0 Å². The third-order valence-electron chi connectivity index (χ3n) is 4.16. The first-order chi connectivity index (χ1) is 12.5. The molecule has 1 saturated heterocycles. The number of rotatable bonds is 5. The number of nitrogens with one attached hydrogen (secondary N) is 1. The molecular formula is C19H18ClFN2O3. The molecule has 26 heavy (non-hydrogen) atoms. The maximum Gasteiger partial charge on any atom is 0.239 e. The Labute approximate surface area is 155 Å². The van der Waals surface area contributed by atoms with Gasteiger partial charge in [-0.15, -0.1) is 0 Å². The lowest BCUT2D eigenvalue weighted by molar-refractivity contribution is -0.129. The Kier molecular flexibility index (Phi) is 5.42. The van der Waals surface area contributed by atoms with Crippen LogP contribution in [-0.2, 0) is 9.59 Å². The van der Waals surface area contributed by atoms with E-state index >= 15 is 0 Å². The number of ether oxygens (including phenoxy) is 1. The maximum absolute atomic E-state index is 13.4. The molecule has 1 unspecified atom stereocenters. The average molecular weight is 377 g/mol. The first-order valence-electron chi connectivity index (χ1n) is 8.29. The van der Waals surface area contributed by atoms with Crippen molar-refractivity contribution in [3.05, 3.63) is 53.3 Å². The normalized spacial score (nSPS) is 16.7. The van der Waals surface area contributed by atoms with Crippen molar-refractivity contribution in [1.29, 1.82) is 0 Å². The molecule has 0 radical (unpaired) electrons. The zero-order valence-corrected chi connectivity index (χ0v) is 14.9. The summed E-state index contributed by atoms with van der Waals surface area (Å²) in [6.45, 7) is 2.54. The van der Waals surface area contributed by atoms with Gasteiger partial charge in [-0.2, -0.15) is 0 Å². The maximum atomic E-state index is 13.4. The van der Waals surface area contributed by atoms with Gasteiger partial charge in [0, 0.05) is 23.3 Å². The molecule has 5 nitrogen and oxygen atoms in total. The fourth-order valence-corrected chi connectivity index (χ4v) is 3.02. The summed E-state index contributed by atoms with van der Waals surface area (Å²) < 4.78 is 18.7. The zero-order valence-electron chi connectivity index (χ0n) is 14.2. The lowest BCUT2D eigenvalue weighted by atomic mass is 10.1. The van der Waals surface area contributed by atoms with Crippen molar-refractivity contribution < 1.29 is 18.7 Å². The molecule has 1 atom stereocenters. The van der Waals surface area contributed by atoms with E-state index in [0.717, 1.165) is 0 Å². The second-order valence-corrected chi connectivity index (χ2v) is 6.31. The molecule has 1 N–H and O–H groups in total. The minimum absolute atomic E-state index is 0.237. The minimum atomic E-state index is -0.801. The number of hydrogen-bond acceptors (Lipinski definition) is 3. The number of carbonyl (C=O) groups is 2. The molecule has 7 heteroatoms. The Morgan fingerprint density at radius 2 is 2.04 bits per heavy atom. The number of hydrogen-bond donors (Lipinski definition) is 1. The molecule has 0 bridgehead atoms. The molecule has 1 aliphatic rings. The summed E-state index contributed by atoms with van der Waals surface area (Å²) in [7, 11) is 0. The van der Waals surface area contributed by atoms with Crippen LogP contribution in [0.5, 0.6) is 5.75 Å². The van der Waals surface area contributed by atoms with E-state index < -0.39 is 17.6 Å². The third-order valence-corrected chi connectivity index (χ3v) is 4.41. The van der Waals surface area contributed by atoms with Gasteiger partial charge >= 0.3 is 0 Å². The molecule has 3 rings (SSSR count). The first kappa shape index (κ1) is 18.2. The van der Waals surface area contributed by atoms with Crippen LogP contribution in [0.1, 0.15) is 13.3 Å². The summed E-state index contributed by atoms with van der Waals surface area (Å²) in [5.74, 6) is -1.73. The molecule has 0 aromatic heterocycles. The molecule has 0 aliphatic carbocycles. The highest BCUT2D eigenvalue weighted by Crippen LogP contribution is 2.30. The Balaban J connectivity index is 1.73. The van der Waals surface area contributed by atoms with Gasteiger partial charge in [0.05, 0.1) is 12.3 Å². The standard InChI is InChI=1S/C19H18ClFN2O3/c1-2-26-17-11-13(21)5-8-16(17)22-18(24)15-9-10-23(19(15)25)14-6-3-12(20)4-7-14/h3-8,11,15H,2,9-10H2,1H3,(H,22,24). The van der Waals surface area contributed by atoms with E-state index in [9.17, 15) is 14.0 Å². The fourth-order valence-electron chi connectivity index (χ4n) is 2.89. The zero-order chi connectivity index (χ0) is 18.7. The lowest BCUT2D eigenvalue weighted by Crippen LogP contribution is -2.33. The Bertz CT molecular complexity index is 826. The third kappa shape index (κ3) is 3.80. The van der Waals surface area contributed by atoms with Gasteiger partial charge in [0.25, 0.3) is 0 Å². The highest BCUT2D eigenvalue weighted by atomic mass is 35.5. The van der Waals surface area contributed by atoms with E-state index in [0.29, 0.717) is 36.0 Å². The van der Waals surface area contributed by atoms with E-state index in [1.54, 1.807) is 36.1 Å². The number of carbonyl (C=O) groups excluding carboxylic acids is 2. The molecule has 0 saturated carbocycles. The van der Waals surface area contributed by atoms with Gasteiger partial charge in [0.15, 0.2) is 0 Å². The average Bonchev–Trinajstić information content (AvgIpc) is 3.00. The topological polar surface area (TPSA) is 58.6 Å². The smallest absolute Gasteiger partial charge is 0.239 e. The SMILES string of the molecule is CCOc1cc(F)ccc1NC(=O)C1CCN(c2ccc(Cl)cc2)C1=O. The number of amides is 2. The number of halogens is 2. The van der Waals surface area contributed by atoms with Crippen molar-refractivity contribution in [3.63, 3.8) is 0 Å². The van der Waals surface area contributed by atoms with Crippen LogP contribution < -0.4 is 15.0 Å². The molecule has 2 aromatic rings. The second kappa shape index (κ2) is 7.74. The predicted molar refractivity (Wildman–Crippen MR) is 98.1 cm³/mol. The highest BCUT2D eigenvalue weighted by Gasteiger charge is 2.37. The Morgan fingerprint density at radius 3 is 2.73 bits per heavy atom. The molecule has 2 amide bonds. The quantitative estimate of drug-likeness (QED) is 0.806. The number of benzene rings is 2. The van der Waals surface area contributed by atoms with E-state index in [-0.39, 0.29) is 11.7 Å². The van der Waals surface area contributed by atoms with Gasteiger partial charge in [-0.05, 0) is 49.7 Å². The van der Waals surface area contributed by atoms with Crippen LogP contribution in [0.2, 0.25) is 5.02 Å². The molecule has 2 aromatic carbocycles. The fraction of sp³-hybridized carbons (Fsp3) is 0.263. The molecule has 1 fully saturated rings. The van der Waals surface area contributed by atoms with Gasteiger partial charge < -0.3 is 15.0 Å². The highest BCUT2D eigenvalue weighted by molar-refractivity contribution is 6.30. The van der Waals surface area contributed by atoms with Crippen LogP contribution >= 0.6 is 11.6 Å². The van der Waals surface area contributed by atoms with Gasteiger partial charge in [0.2, 0.25) is 11.8 Å². The second-order valence-electron chi connectivity index (χ2n) is 5.87. The van der Waals surface area contributed by atoms with Gasteiger partial charge in [0.1, 0.15) is 17.5 Å². The molecule has 0 spiro atoms. The van der Waals surface area contributed by atoms with Crippen molar-refractivity contribution in [3.8, 4) is 5.75 Å². The van der Waals surface area contributed by atoms with Crippen molar-refractivity contribution in [2.75, 3.05) is 23.4 Å². The molecule has 136 valence electrons. The van der Waals surface area contributed by atoms with E-state index in [4.69, 9.17) is 16.3 Å². The van der Waals surface area contributed by atoms with Crippen LogP contribution in [0, 0.1) is 11.7 Å². The van der Waals surface area contributed by atoms with Crippen LogP contribution in [0.25, 0.3) is 0 Å². The molecular weight excluding hydrogens is 359 g/mol. The van der Waals surface area contributed by atoms with Crippen LogP contribution in [0.4, 0.5) is 15.8 Å². The van der Waals surface area contributed by atoms with Crippen molar-refractivity contribution >= 4 is 34.8 Å². The summed E-state index contributed by atoms with van der Waals surface area (Å²) in [4.78, 5) is 26.8. The van der Waals surface area contributed by atoms with Crippen molar-refractivity contribution in [2.24, 2.45) is 5.92 Å². The van der Waals surface area contributed by atoms with Crippen LogP contribution in [0.3, 0.4) is 0 Å². The summed E-state index contributed by atoms with van der Waals surface area (Å²) in [6.07, 6.45) is 0.401. The predicted octanol–water partition coefficient (Wildman–Crippen LogP) is 3.87. The summed E-state index contributed by atoms with van der Waals surface area (Å²) >= 11 is 5.87. The van der Waals surface area contributed by atoms with E-state index in [2.05, 4.69) is 5.32 Å². The largest absolute Gasteiger partial charge is 0.492 e. The number of nitrogens with zero attached hydrogens (tertiary/aromatic N) is 1. The van der Waals surface area contributed by atoms with E-state index in [1.807, 2.05) is 0 Å². The number of anilines is 2. The van der Waals surface area contributed by atoms with Gasteiger partial charge in [-0.1, -0.05) is 11.6 Å². The monoisotopic (exact) mass is 376 g/mol. The Hall–Kier alpha value is -2.60. The van der Waals surface area contributed by atoms with Crippen LogP contribution in [-0.4, -0.2) is 25.0 Å². The minimum Gasteiger partial charge on any atom is -0.492 e. The van der Waals surface area contributed by atoms with Crippen molar-refractivity contribution in [2.45, 2.75) is 13.3 Å². The summed E-state index contributed by atoms with van der Waals surface area (Å²) in [6, 6.07) is 10.7. The summed E-state index contributed by atoms with van der Waals surface area (Å²) in [5.41, 5.74) is 1.04.